The van der Waals surface area contributed by atoms with Gasteiger partial charge in [-0.2, -0.15) is 0 Å². The van der Waals surface area contributed by atoms with Crippen LogP contribution in [0.3, 0.4) is 0 Å². The third-order valence-corrected chi connectivity index (χ3v) is 6.66. The number of aryl methyl sites for hydroxylation is 3. The second-order valence-corrected chi connectivity index (χ2v) is 9.09. The first-order valence-electron chi connectivity index (χ1n) is 12.0. The Labute approximate surface area is 199 Å². The van der Waals surface area contributed by atoms with Crippen LogP contribution in [0.4, 0.5) is 4.39 Å². The maximum Gasteiger partial charge on any atom is 0.310 e. The van der Waals surface area contributed by atoms with Crippen molar-refractivity contribution < 1.29 is 18.7 Å². The van der Waals surface area contributed by atoms with E-state index < -0.39 is 0 Å². The first kappa shape index (κ1) is 23.9. The molecule has 1 aromatic heterocycles. The molecule has 1 aliphatic heterocycles. The fourth-order valence-corrected chi connectivity index (χ4v) is 4.62. The highest BCUT2D eigenvalue weighted by Crippen LogP contribution is 2.24. The number of rotatable bonds is 7. The highest BCUT2D eigenvalue weighted by Gasteiger charge is 2.29. The number of ether oxygens (including phenoxy) is 1. The fraction of sp³-hybridized carbons (Fsp3) is 0.444. The fourth-order valence-electron chi connectivity index (χ4n) is 4.62. The Morgan fingerprint density at radius 3 is 2.62 bits per heavy atom. The molecule has 0 N–H and O–H groups in total. The molecular formula is C27H32FN3O3. The molecule has 2 heterocycles. The summed E-state index contributed by atoms with van der Waals surface area (Å²) in [5.41, 5.74) is 5.19. The van der Waals surface area contributed by atoms with Gasteiger partial charge < -0.3 is 14.2 Å². The predicted octanol–water partition coefficient (Wildman–Crippen LogP) is 4.57. The number of halogens is 1. The molecule has 1 atom stereocenters. The molecule has 0 radical (unpaired) electrons. The van der Waals surface area contributed by atoms with Gasteiger partial charge in [-0.1, -0.05) is 12.1 Å². The molecule has 34 heavy (non-hydrogen) atoms. The smallest absolute Gasteiger partial charge is 0.310 e. The SMILES string of the molecule is CCOC(=O)[C@H]1CCCN(C(=O)CCn2c(Cc3ccc(F)cc3)nc3cc(C)c(C)cc32)C1. The number of benzene rings is 2. The average molecular weight is 466 g/mol. The number of aromatic nitrogens is 2. The van der Waals surface area contributed by atoms with Crippen LogP contribution in [-0.2, 0) is 27.3 Å². The molecule has 1 saturated heterocycles. The van der Waals surface area contributed by atoms with Gasteiger partial charge in [-0.3, -0.25) is 9.59 Å². The summed E-state index contributed by atoms with van der Waals surface area (Å²) >= 11 is 0. The van der Waals surface area contributed by atoms with E-state index in [1.165, 1.54) is 23.3 Å². The van der Waals surface area contributed by atoms with Crippen molar-refractivity contribution in [3.05, 3.63) is 64.7 Å². The van der Waals surface area contributed by atoms with Gasteiger partial charge in [-0.15, -0.1) is 0 Å². The molecule has 1 fully saturated rings. The van der Waals surface area contributed by atoms with Crippen LogP contribution >= 0.6 is 0 Å². The number of carbonyl (C=O) groups excluding carboxylic acids is 2. The summed E-state index contributed by atoms with van der Waals surface area (Å²) in [6.45, 7) is 7.87. The van der Waals surface area contributed by atoms with Gasteiger partial charge in [0.05, 0.1) is 23.6 Å². The summed E-state index contributed by atoms with van der Waals surface area (Å²) < 4.78 is 20.6. The number of hydrogen-bond donors (Lipinski definition) is 0. The van der Waals surface area contributed by atoms with Crippen molar-refractivity contribution in [2.24, 2.45) is 5.92 Å². The van der Waals surface area contributed by atoms with Gasteiger partial charge in [0.1, 0.15) is 11.6 Å². The van der Waals surface area contributed by atoms with Gasteiger partial charge in [-0.25, -0.2) is 9.37 Å². The molecule has 1 amide bonds. The van der Waals surface area contributed by atoms with E-state index in [0.29, 0.717) is 39.1 Å². The van der Waals surface area contributed by atoms with Gasteiger partial charge >= 0.3 is 5.97 Å². The van der Waals surface area contributed by atoms with Crippen LogP contribution in [0, 0.1) is 25.6 Å². The van der Waals surface area contributed by atoms with E-state index in [-0.39, 0.29) is 23.6 Å². The van der Waals surface area contributed by atoms with Crippen LogP contribution in [0.25, 0.3) is 11.0 Å². The van der Waals surface area contributed by atoms with Gasteiger partial charge in [0, 0.05) is 32.5 Å². The molecule has 7 heteroatoms. The Bertz CT molecular complexity index is 1190. The van der Waals surface area contributed by atoms with E-state index in [1.54, 1.807) is 24.0 Å². The van der Waals surface area contributed by atoms with Gasteiger partial charge in [0.15, 0.2) is 0 Å². The van der Waals surface area contributed by atoms with Gasteiger partial charge in [0.25, 0.3) is 0 Å². The lowest BCUT2D eigenvalue weighted by atomic mass is 9.98. The van der Waals surface area contributed by atoms with Crippen LogP contribution in [0.1, 0.15) is 48.7 Å². The number of carbonyl (C=O) groups is 2. The van der Waals surface area contributed by atoms with Crippen LogP contribution < -0.4 is 0 Å². The summed E-state index contributed by atoms with van der Waals surface area (Å²) in [6.07, 6.45) is 2.44. The molecular weight excluding hydrogens is 433 g/mol. The van der Waals surface area contributed by atoms with Crippen LogP contribution in [0.15, 0.2) is 36.4 Å². The summed E-state index contributed by atoms with van der Waals surface area (Å²) in [5.74, 6) is 0.158. The number of hydrogen-bond acceptors (Lipinski definition) is 4. The number of amides is 1. The number of fused-ring (bicyclic) bond motifs is 1. The van der Waals surface area contributed by atoms with Crippen molar-refractivity contribution in [2.75, 3.05) is 19.7 Å². The number of piperidine rings is 1. The topological polar surface area (TPSA) is 64.4 Å². The molecule has 0 saturated carbocycles. The third kappa shape index (κ3) is 5.29. The molecule has 0 bridgehead atoms. The van der Waals surface area contributed by atoms with Gasteiger partial charge in [-0.05, 0) is 74.6 Å². The van der Waals surface area contributed by atoms with E-state index >= 15 is 0 Å². The molecule has 2 aromatic carbocycles. The highest BCUT2D eigenvalue weighted by molar-refractivity contribution is 5.80. The quantitative estimate of drug-likeness (QED) is 0.480. The molecule has 0 spiro atoms. The van der Waals surface area contributed by atoms with Crippen molar-refractivity contribution in [3.63, 3.8) is 0 Å². The molecule has 4 rings (SSSR count). The maximum absolute atomic E-state index is 13.4. The largest absolute Gasteiger partial charge is 0.466 e. The highest BCUT2D eigenvalue weighted by atomic mass is 19.1. The number of nitrogens with zero attached hydrogens (tertiary/aromatic N) is 3. The zero-order chi connectivity index (χ0) is 24.2. The molecule has 180 valence electrons. The Morgan fingerprint density at radius 1 is 1.15 bits per heavy atom. The standard InChI is InChI=1S/C27H32FN3O3/c1-4-34-27(33)21-6-5-12-30(17-21)26(32)11-13-31-24-15-19(3)18(2)14-23(24)29-25(31)16-20-7-9-22(28)10-8-20/h7-10,14-15,21H,4-6,11-13,16-17H2,1-3H3/t21-/m0/s1. The predicted molar refractivity (Wildman–Crippen MR) is 129 cm³/mol. The van der Waals surface area contributed by atoms with Crippen LogP contribution in [0.5, 0.6) is 0 Å². The lowest BCUT2D eigenvalue weighted by molar-refractivity contribution is -0.151. The molecule has 6 nitrogen and oxygen atoms in total. The number of imidazole rings is 1. The van der Waals surface area contributed by atoms with Crippen molar-refractivity contribution in [3.8, 4) is 0 Å². The van der Waals surface area contributed by atoms with E-state index in [4.69, 9.17) is 9.72 Å². The maximum atomic E-state index is 13.4. The Hall–Kier alpha value is -3.22. The third-order valence-electron chi connectivity index (χ3n) is 6.66. The Morgan fingerprint density at radius 2 is 1.88 bits per heavy atom. The summed E-state index contributed by atoms with van der Waals surface area (Å²) in [6, 6.07) is 10.6. The molecule has 0 aliphatic carbocycles. The lowest BCUT2D eigenvalue weighted by Gasteiger charge is -2.31. The summed E-state index contributed by atoms with van der Waals surface area (Å²) in [7, 11) is 0. The number of likely N-dealkylation sites (tertiary alicyclic amines) is 1. The van der Waals surface area contributed by atoms with Crippen molar-refractivity contribution in [1.29, 1.82) is 0 Å². The van der Waals surface area contributed by atoms with Crippen LogP contribution in [-0.4, -0.2) is 46.0 Å². The summed E-state index contributed by atoms with van der Waals surface area (Å²) in [4.78, 5) is 31.9. The average Bonchev–Trinajstić information content (AvgIpc) is 3.15. The molecule has 0 unspecified atom stereocenters. The number of esters is 1. The minimum Gasteiger partial charge on any atom is -0.466 e. The normalized spacial score (nSPS) is 16.1. The van der Waals surface area contributed by atoms with Crippen molar-refractivity contribution in [1.82, 2.24) is 14.5 Å². The first-order valence-corrected chi connectivity index (χ1v) is 12.0. The van der Waals surface area contributed by atoms with E-state index in [9.17, 15) is 14.0 Å². The van der Waals surface area contributed by atoms with E-state index in [2.05, 4.69) is 30.5 Å². The minimum absolute atomic E-state index is 0.0346. The van der Waals surface area contributed by atoms with E-state index in [0.717, 1.165) is 35.3 Å². The second kappa shape index (κ2) is 10.4. The van der Waals surface area contributed by atoms with Gasteiger partial charge in [0.2, 0.25) is 5.91 Å². The van der Waals surface area contributed by atoms with Crippen LogP contribution in [0.2, 0.25) is 0 Å². The monoisotopic (exact) mass is 465 g/mol. The zero-order valence-corrected chi connectivity index (χ0v) is 20.1. The molecule has 3 aromatic rings. The second-order valence-electron chi connectivity index (χ2n) is 9.09. The summed E-state index contributed by atoms with van der Waals surface area (Å²) in [5, 5.41) is 0. The zero-order valence-electron chi connectivity index (χ0n) is 20.1. The first-order chi connectivity index (χ1) is 16.4. The van der Waals surface area contributed by atoms with Crippen molar-refractivity contribution in [2.45, 2.75) is 53.0 Å². The van der Waals surface area contributed by atoms with E-state index in [1.807, 2.05) is 0 Å². The Kier molecular flexibility index (Phi) is 7.29. The molecule has 1 aliphatic rings. The lowest BCUT2D eigenvalue weighted by Crippen LogP contribution is -2.43. The minimum atomic E-state index is -0.267. The van der Waals surface area contributed by atoms with Crippen molar-refractivity contribution >= 4 is 22.9 Å². The Balaban J connectivity index is 1.54.